The maximum absolute atomic E-state index is 11.9. The molecule has 0 aliphatic heterocycles. The molecule has 108 valence electrons. The number of sulfone groups is 1. The molecule has 4 nitrogen and oxygen atoms in total. The molecule has 1 aromatic carbocycles. The minimum atomic E-state index is -3.12. The highest BCUT2D eigenvalue weighted by Gasteiger charge is 2.17. The van der Waals surface area contributed by atoms with E-state index in [-0.39, 0.29) is 17.4 Å². The number of hydrogen-bond donors (Lipinski definition) is 0. The molecule has 0 N–H and O–H groups in total. The summed E-state index contributed by atoms with van der Waals surface area (Å²) in [5, 5.41) is 3.85. The predicted molar refractivity (Wildman–Crippen MR) is 78.1 cm³/mol. The molecule has 0 amide bonds. The van der Waals surface area contributed by atoms with E-state index in [0.29, 0.717) is 17.9 Å². The fourth-order valence-electron chi connectivity index (χ4n) is 2.10. The van der Waals surface area contributed by atoms with Gasteiger partial charge in [-0.3, -0.25) is 0 Å². The molecule has 2 rings (SSSR count). The summed E-state index contributed by atoms with van der Waals surface area (Å²) in [5.41, 5.74) is 1.59. The molecule has 5 heteroatoms. The van der Waals surface area contributed by atoms with Crippen LogP contribution < -0.4 is 0 Å². The Morgan fingerprint density at radius 2 is 1.90 bits per heavy atom. The lowest BCUT2D eigenvalue weighted by atomic mass is 10.1. The van der Waals surface area contributed by atoms with Crippen molar-refractivity contribution in [2.24, 2.45) is 5.92 Å². The summed E-state index contributed by atoms with van der Waals surface area (Å²) < 4.78 is 29.0. The first-order valence-corrected chi connectivity index (χ1v) is 8.45. The van der Waals surface area contributed by atoms with Crippen LogP contribution in [0.5, 0.6) is 0 Å². The fourth-order valence-corrected chi connectivity index (χ4v) is 3.82. The topological polar surface area (TPSA) is 60.2 Å². The largest absolute Gasteiger partial charge is 0.361 e. The van der Waals surface area contributed by atoms with Crippen molar-refractivity contribution in [2.45, 2.75) is 26.0 Å². The Morgan fingerprint density at radius 3 is 2.55 bits per heavy atom. The van der Waals surface area contributed by atoms with Crippen LogP contribution in [0.4, 0.5) is 0 Å². The molecule has 0 saturated heterocycles. The van der Waals surface area contributed by atoms with Crippen LogP contribution in [0.2, 0.25) is 0 Å². The molecule has 0 aliphatic carbocycles. The van der Waals surface area contributed by atoms with E-state index in [1.54, 1.807) is 6.07 Å². The minimum absolute atomic E-state index is 0.0521. The first-order chi connectivity index (χ1) is 9.44. The summed E-state index contributed by atoms with van der Waals surface area (Å²) in [4.78, 5) is 0. The fraction of sp³-hybridized carbons (Fsp3) is 0.400. The average Bonchev–Trinajstić information content (AvgIpc) is 2.75. The molecule has 0 aliphatic rings. The summed E-state index contributed by atoms with van der Waals surface area (Å²) in [6, 6.07) is 11.6. The van der Waals surface area contributed by atoms with Gasteiger partial charge >= 0.3 is 0 Å². The maximum Gasteiger partial charge on any atom is 0.156 e. The lowest BCUT2D eigenvalue weighted by Gasteiger charge is -2.04. The van der Waals surface area contributed by atoms with E-state index in [1.165, 1.54) is 0 Å². The van der Waals surface area contributed by atoms with Gasteiger partial charge in [0.15, 0.2) is 9.84 Å². The molecule has 1 aromatic heterocycles. The molecule has 0 spiro atoms. The monoisotopic (exact) mass is 293 g/mol. The van der Waals surface area contributed by atoms with Crippen molar-refractivity contribution >= 4 is 9.84 Å². The van der Waals surface area contributed by atoms with Gasteiger partial charge in [0.05, 0.1) is 17.2 Å². The molecular weight excluding hydrogens is 274 g/mol. The Kier molecular flexibility index (Phi) is 4.60. The van der Waals surface area contributed by atoms with Crippen molar-refractivity contribution in [3.05, 3.63) is 53.4 Å². The van der Waals surface area contributed by atoms with Gasteiger partial charge in [-0.2, -0.15) is 0 Å². The van der Waals surface area contributed by atoms with Crippen LogP contribution in [-0.4, -0.2) is 19.3 Å². The zero-order valence-corrected chi connectivity index (χ0v) is 12.6. The normalized spacial score (nSPS) is 11.9. The van der Waals surface area contributed by atoms with Gasteiger partial charge in [-0.25, -0.2) is 8.42 Å². The van der Waals surface area contributed by atoms with Gasteiger partial charge in [0, 0.05) is 12.5 Å². The van der Waals surface area contributed by atoms with Crippen LogP contribution in [0.15, 0.2) is 40.9 Å². The highest BCUT2D eigenvalue weighted by atomic mass is 32.2. The molecule has 0 saturated carbocycles. The number of nitrogens with zero attached hydrogens (tertiary/aromatic N) is 1. The van der Waals surface area contributed by atoms with Crippen molar-refractivity contribution in [2.75, 3.05) is 5.75 Å². The van der Waals surface area contributed by atoms with Crippen LogP contribution in [0.25, 0.3) is 0 Å². The Hall–Kier alpha value is -1.62. The van der Waals surface area contributed by atoms with Gasteiger partial charge in [0.25, 0.3) is 0 Å². The van der Waals surface area contributed by atoms with Gasteiger partial charge in [0.1, 0.15) is 5.76 Å². The van der Waals surface area contributed by atoms with Crippen molar-refractivity contribution in [3.8, 4) is 0 Å². The van der Waals surface area contributed by atoms with E-state index in [1.807, 2.05) is 44.2 Å². The molecular formula is C15H19NO3S. The van der Waals surface area contributed by atoms with E-state index >= 15 is 0 Å². The molecule has 2 aromatic rings. The zero-order valence-electron chi connectivity index (χ0n) is 11.7. The third-order valence-corrected chi connectivity index (χ3v) is 4.69. The summed E-state index contributed by atoms with van der Waals surface area (Å²) in [6.07, 6.45) is 0.623. The molecule has 0 atom stereocenters. The Labute approximate surface area is 119 Å². The van der Waals surface area contributed by atoms with Crippen molar-refractivity contribution in [1.29, 1.82) is 0 Å². The SMILES string of the molecule is CC(C)CS(=O)(=O)Cc1cc(Cc2ccccc2)on1. The van der Waals surface area contributed by atoms with E-state index < -0.39 is 9.84 Å². The molecule has 0 radical (unpaired) electrons. The Balaban J connectivity index is 2.03. The second-order valence-corrected chi connectivity index (χ2v) is 7.50. The van der Waals surface area contributed by atoms with Gasteiger partial charge in [-0.05, 0) is 11.5 Å². The zero-order chi connectivity index (χ0) is 14.6. The minimum Gasteiger partial charge on any atom is -0.361 e. The van der Waals surface area contributed by atoms with Crippen LogP contribution in [-0.2, 0) is 22.0 Å². The lowest BCUT2D eigenvalue weighted by molar-refractivity contribution is 0.384. The first-order valence-electron chi connectivity index (χ1n) is 6.63. The van der Waals surface area contributed by atoms with Gasteiger partial charge in [-0.1, -0.05) is 49.3 Å². The van der Waals surface area contributed by atoms with Crippen LogP contribution in [0, 0.1) is 5.92 Å². The van der Waals surface area contributed by atoms with E-state index in [9.17, 15) is 8.42 Å². The van der Waals surface area contributed by atoms with Crippen molar-refractivity contribution in [1.82, 2.24) is 5.16 Å². The maximum atomic E-state index is 11.9. The van der Waals surface area contributed by atoms with Gasteiger partial charge < -0.3 is 4.52 Å². The molecule has 0 fully saturated rings. The molecule has 0 unspecified atom stereocenters. The third-order valence-electron chi connectivity index (χ3n) is 2.78. The third kappa shape index (κ3) is 4.49. The lowest BCUT2D eigenvalue weighted by Crippen LogP contribution is -2.13. The Morgan fingerprint density at radius 1 is 1.20 bits per heavy atom. The van der Waals surface area contributed by atoms with E-state index in [2.05, 4.69) is 5.16 Å². The summed E-state index contributed by atoms with van der Waals surface area (Å²) in [7, 11) is -3.12. The second kappa shape index (κ2) is 6.22. The molecule has 20 heavy (non-hydrogen) atoms. The Bertz CT molecular complexity index is 645. The average molecular weight is 293 g/mol. The number of benzene rings is 1. The van der Waals surface area contributed by atoms with Crippen molar-refractivity contribution in [3.63, 3.8) is 0 Å². The standard InChI is InChI=1S/C15H19NO3S/c1-12(2)10-20(17,18)11-14-9-15(19-16-14)8-13-6-4-3-5-7-13/h3-7,9,12H,8,10-11H2,1-2H3. The highest BCUT2D eigenvalue weighted by molar-refractivity contribution is 7.90. The predicted octanol–water partition coefficient (Wildman–Crippen LogP) is 2.84. The van der Waals surface area contributed by atoms with Gasteiger partial charge in [0.2, 0.25) is 0 Å². The van der Waals surface area contributed by atoms with Crippen LogP contribution >= 0.6 is 0 Å². The van der Waals surface area contributed by atoms with Crippen LogP contribution in [0.3, 0.4) is 0 Å². The molecule has 1 heterocycles. The number of hydrogen-bond acceptors (Lipinski definition) is 4. The quantitative estimate of drug-likeness (QED) is 0.821. The summed E-state index contributed by atoms with van der Waals surface area (Å²) in [5.74, 6) is 0.929. The first kappa shape index (κ1) is 14.8. The summed E-state index contributed by atoms with van der Waals surface area (Å²) in [6.45, 7) is 3.78. The number of rotatable bonds is 6. The highest BCUT2D eigenvalue weighted by Crippen LogP contribution is 2.14. The van der Waals surface area contributed by atoms with Crippen LogP contribution in [0.1, 0.15) is 30.9 Å². The second-order valence-electron chi connectivity index (χ2n) is 5.40. The smallest absolute Gasteiger partial charge is 0.156 e. The molecule has 0 bridgehead atoms. The van der Waals surface area contributed by atoms with E-state index in [0.717, 1.165) is 5.56 Å². The van der Waals surface area contributed by atoms with Crippen molar-refractivity contribution < 1.29 is 12.9 Å². The van der Waals surface area contributed by atoms with Gasteiger partial charge in [-0.15, -0.1) is 0 Å². The summed E-state index contributed by atoms with van der Waals surface area (Å²) >= 11 is 0. The van der Waals surface area contributed by atoms with E-state index in [4.69, 9.17) is 4.52 Å². The number of aromatic nitrogens is 1.